The van der Waals surface area contributed by atoms with Crippen LogP contribution in [0.1, 0.15) is 44.4 Å². The summed E-state index contributed by atoms with van der Waals surface area (Å²) in [6.45, 7) is 8.40. The van der Waals surface area contributed by atoms with Crippen LogP contribution in [0, 0.1) is 0 Å². The third kappa shape index (κ3) is 5.94. The molecule has 178 valence electrons. The number of nitrogens with one attached hydrogen (secondary N) is 1. The lowest BCUT2D eigenvalue weighted by Gasteiger charge is -2.21. The van der Waals surface area contributed by atoms with Crippen molar-refractivity contribution in [3.05, 3.63) is 59.2 Å². The van der Waals surface area contributed by atoms with Crippen LogP contribution in [0.3, 0.4) is 0 Å². The summed E-state index contributed by atoms with van der Waals surface area (Å²) in [5.41, 5.74) is 2.69. The van der Waals surface area contributed by atoms with E-state index in [0.717, 1.165) is 34.6 Å². The first-order valence-corrected chi connectivity index (χ1v) is 12.5. The summed E-state index contributed by atoms with van der Waals surface area (Å²) in [6.07, 6.45) is 4.14. The minimum absolute atomic E-state index is 0.129. The van der Waals surface area contributed by atoms with Crippen LogP contribution in [-0.2, 0) is 27.8 Å². The van der Waals surface area contributed by atoms with Crippen LogP contribution in [0.15, 0.2) is 47.4 Å². The molecular weight excluding hydrogens is 440 g/mol. The molecule has 1 unspecified atom stereocenters. The second-order valence-corrected chi connectivity index (χ2v) is 10.4. The van der Waals surface area contributed by atoms with E-state index in [1.54, 1.807) is 37.4 Å². The summed E-state index contributed by atoms with van der Waals surface area (Å²) < 4.78 is 38.0. The van der Waals surface area contributed by atoms with E-state index in [0.29, 0.717) is 6.61 Å². The Labute approximate surface area is 196 Å². The van der Waals surface area contributed by atoms with Crippen molar-refractivity contribution in [3.63, 3.8) is 0 Å². The number of carbonyl (C=O) groups is 1. The van der Waals surface area contributed by atoms with Gasteiger partial charge in [-0.2, -0.15) is 4.31 Å². The number of benzene rings is 2. The zero-order valence-corrected chi connectivity index (χ0v) is 20.6. The van der Waals surface area contributed by atoms with Crippen LogP contribution in [0.5, 0.6) is 11.5 Å². The van der Waals surface area contributed by atoms with Crippen LogP contribution in [-0.4, -0.2) is 44.4 Å². The standard InChI is InChI=1S/C25H32N2O5S/c1-6-31-23-15-21-13-18(4)32-24(21)14-20(23)9-12-25(28)26-16-19-7-10-22(11-8-19)33(29,30)27(5)17(2)3/h7-12,14-15,17-18H,6,13,16H2,1-5H3,(H,26,28)/b12-9+. The summed E-state index contributed by atoms with van der Waals surface area (Å²) in [5.74, 6) is 1.29. The molecule has 0 aromatic heterocycles. The fourth-order valence-corrected chi connectivity index (χ4v) is 4.87. The van der Waals surface area contributed by atoms with Crippen molar-refractivity contribution in [3.8, 4) is 11.5 Å². The van der Waals surface area contributed by atoms with Gasteiger partial charge >= 0.3 is 0 Å². The van der Waals surface area contributed by atoms with E-state index in [2.05, 4.69) is 5.32 Å². The number of sulfonamides is 1. The van der Waals surface area contributed by atoms with Gasteiger partial charge in [0.15, 0.2) is 0 Å². The van der Waals surface area contributed by atoms with Gasteiger partial charge in [0.25, 0.3) is 0 Å². The molecule has 3 rings (SSSR count). The fraction of sp³-hybridized carbons (Fsp3) is 0.400. The van der Waals surface area contributed by atoms with Gasteiger partial charge in [-0.15, -0.1) is 0 Å². The molecule has 1 N–H and O–H groups in total. The lowest BCUT2D eigenvalue weighted by Crippen LogP contribution is -2.33. The second-order valence-electron chi connectivity index (χ2n) is 8.37. The zero-order valence-electron chi connectivity index (χ0n) is 19.8. The van der Waals surface area contributed by atoms with Crippen molar-refractivity contribution in [1.82, 2.24) is 9.62 Å². The number of hydrogen-bond acceptors (Lipinski definition) is 5. The van der Waals surface area contributed by atoms with Gasteiger partial charge in [-0.25, -0.2) is 8.42 Å². The third-order valence-corrected chi connectivity index (χ3v) is 7.58. The lowest BCUT2D eigenvalue weighted by molar-refractivity contribution is -0.116. The quantitative estimate of drug-likeness (QED) is 0.562. The van der Waals surface area contributed by atoms with Crippen molar-refractivity contribution in [1.29, 1.82) is 0 Å². The zero-order chi connectivity index (χ0) is 24.2. The van der Waals surface area contributed by atoms with Crippen molar-refractivity contribution in [2.24, 2.45) is 0 Å². The Kier molecular flexibility index (Phi) is 7.81. The molecule has 0 saturated carbocycles. The van der Waals surface area contributed by atoms with Crippen molar-refractivity contribution in [2.75, 3.05) is 13.7 Å². The molecule has 7 nitrogen and oxygen atoms in total. The maximum atomic E-state index is 12.6. The maximum Gasteiger partial charge on any atom is 0.244 e. The lowest BCUT2D eigenvalue weighted by atomic mass is 10.1. The van der Waals surface area contributed by atoms with Crippen molar-refractivity contribution in [2.45, 2.75) is 57.7 Å². The first-order valence-electron chi connectivity index (χ1n) is 11.1. The fourth-order valence-electron chi connectivity index (χ4n) is 3.50. The minimum atomic E-state index is -3.53. The average molecular weight is 473 g/mol. The summed E-state index contributed by atoms with van der Waals surface area (Å²) in [5, 5.41) is 2.82. The van der Waals surface area contributed by atoms with E-state index in [1.807, 2.05) is 39.8 Å². The molecule has 33 heavy (non-hydrogen) atoms. The molecule has 0 radical (unpaired) electrons. The van der Waals surface area contributed by atoms with Crippen LogP contribution < -0.4 is 14.8 Å². The Morgan fingerprint density at radius 2 is 1.97 bits per heavy atom. The number of hydrogen-bond donors (Lipinski definition) is 1. The molecule has 0 saturated heterocycles. The van der Waals surface area contributed by atoms with Crippen LogP contribution >= 0.6 is 0 Å². The molecule has 1 aliphatic heterocycles. The molecule has 0 bridgehead atoms. The van der Waals surface area contributed by atoms with Gasteiger partial charge in [0.05, 0.1) is 11.5 Å². The monoisotopic (exact) mass is 472 g/mol. The molecule has 1 heterocycles. The summed E-state index contributed by atoms with van der Waals surface area (Å²) in [6, 6.07) is 10.3. The normalized spacial score (nSPS) is 15.7. The number of fused-ring (bicyclic) bond motifs is 1. The molecule has 0 aliphatic carbocycles. The van der Waals surface area contributed by atoms with E-state index in [-0.39, 0.29) is 29.5 Å². The highest BCUT2D eigenvalue weighted by Crippen LogP contribution is 2.35. The summed E-state index contributed by atoms with van der Waals surface area (Å²) >= 11 is 0. The SMILES string of the molecule is CCOc1cc2c(cc1/C=C/C(=O)NCc1ccc(S(=O)(=O)N(C)C(C)C)cc1)OC(C)C2. The maximum absolute atomic E-state index is 12.6. The van der Waals surface area contributed by atoms with E-state index >= 15 is 0 Å². The summed E-state index contributed by atoms with van der Waals surface area (Å²) in [4.78, 5) is 12.6. The Bertz CT molecular complexity index is 1120. The van der Waals surface area contributed by atoms with Gasteiger partial charge in [-0.05, 0) is 63.6 Å². The molecule has 0 fully saturated rings. The average Bonchev–Trinajstić information content (AvgIpc) is 3.14. The topological polar surface area (TPSA) is 84.9 Å². The highest BCUT2D eigenvalue weighted by atomic mass is 32.2. The Hall–Kier alpha value is -2.84. The molecule has 1 atom stereocenters. The number of amides is 1. The van der Waals surface area contributed by atoms with Gasteiger partial charge in [-0.3, -0.25) is 4.79 Å². The smallest absolute Gasteiger partial charge is 0.244 e. The van der Waals surface area contributed by atoms with Crippen LogP contribution in [0.2, 0.25) is 0 Å². The highest BCUT2D eigenvalue weighted by Gasteiger charge is 2.23. The second kappa shape index (κ2) is 10.4. The van der Waals surface area contributed by atoms with Crippen LogP contribution in [0.4, 0.5) is 0 Å². The Morgan fingerprint density at radius 3 is 2.61 bits per heavy atom. The largest absolute Gasteiger partial charge is 0.493 e. The molecule has 8 heteroatoms. The van der Waals surface area contributed by atoms with E-state index in [4.69, 9.17) is 9.47 Å². The Morgan fingerprint density at radius 1 is 1.27 bits per heavy atom. The van der Waals surface area contributed by atoms with Gasteiger partial charge in [0.1, 0.15) is 17.6 Å². The predicted octanol–water partition coefficient (Wildman–Crippen LogP) is 3.77. The van der Waals surface area contributed by atoms with Gasteiger partial charge in [-0.1, -0.05) is 12.1 Å². The molecule has 0 spiro atoms. The third-order valence-electron chi connectivity index (χ3n) is 5.54. The molecular formula is C25H32N2O5S. The van der Waals surface area contributed by atoms with E-state index in [9.17, 15) is 13.2 Å². The van der Waals surface area contributed by atoms with Crippen molar-refractivity contribution < 1.29 is 22.7 Å². The van der Waals surface area contributed by atoms with Crippen molar-refractivity contribution >= 4 is 22.0 Å². The number of ether oxygens (including phenoxy) is 2. The minimum Gasteiger partial charge on any atom is -0.493 e. The number of nitrogens with zero attached hydrogens (tertiary/aromatic N) is 1. The number of carbonyl (C=O) groups excluding carboxylic acids is 1. The summed E-state index contributed by atoms with van der Waals surface area (Å²) in [7, 11) is -1.97. The number of rotatable bonds is 9. The molecule has 2 aromatic rings. The van der Waals surface area contributed by atoms with Crippen LogP contribution in [0.25, 0.3) is 6.08 Å². The Balaban J connectivity index is 1.64. The predicted molar refractivity (Wildman–Crippen MR) is 129 cm³/mol. The first-order chi connectivity index (χ1) is 15.6. The highest BCUT2D eigenvalue weighted by molar-refractivity contribution is 7.89. The molecule has 1 amide bonds. The van der Waals surface area contributed by atoms with Gasteiger partial charge in [0.2, 0.25) is 15.9 Å². The van der Waals surface area contributed by atoms with Gasteiger partial charge < -0.3 is 14.8 Å². The first kappa shape index (κ1) is 24.8. The molecule has 2 aromatic carbocycles. The van der Waals surface area contributed by atoms with E-state index in [1.165, 1.54) is 10.4 Å². The van der Waals surface area contributed by atoms with Gasteiger partial charge in [0, 0.05) is 43.3 Å². The molecule has 1 aliphatic rings. The van der Waals surface area contributed by atoms with E-state index < -0.39 is 10.0 Å².